The number of ketones is 1. The first kappa shape index (κ1) is 7.69. The first-order valence-corrected chi connectivity index (χ1v) is 3.68. The van der Waals surface area contributed by atoms with Gasteiger partial charge in [-0.2, -0.15) is 0 Å². The molecule has 58 valence electrons. The Bertz CT molecular complexity index is 136. The lowest BCUT2D eigenvalue weighted by Crippen LogP contribution is -2.50. The second-order valence-electron chi connectivity index (χ2n) is 2.86. The van der Waals surface area contributed by atoms with Crippen LogP contribution in [0.25, 0.3) is 0 Å². The third-order valence-electron chi connectivity index (χ3n) is 1.85. The molecular formula is C7H14N2O. The van der Waals surface area contributed by atoms with Gasteiger partial charge in [0.1, 0.15) is 5.78 Å². The van der Waals surface area contributed by atoms with Gasteiger partial charge in [-0.25, -0.2) is 10.4 Å². The predicted molar refractivity (Wildman–Crippen MR) is 39.5 cm³/mol. The number of carbonyl (C=O) groups excluding carboxylic acids is 1. The van der Waals surface area contributed by atoms with E-state index in [0.717, 1.165) is 19.4 Å². The van der Waals surface area contributed by atoms with Gasteiger partial charge >= 0.3 is 0 Å². The Morgan fingerprint density at radius 2 is 2.40 bits per heavy atom. The van der Waals surface area contributed by atoms with Gasteiger partial charge in [0, 0.05) is 13.6 Å². The van der Waals surface area contributed by atoms with Crippen LogP contribution in [0, 0.1) is 0 Å². The highest BCUT2D eigenvalue weighted by molar-refractivity contribution is 5.81. The first-order valence-electron chi connectivity index (χ1n) is 3.68. The Morgan fingerprint density at radius 1 is 1.70 bits per heavy atom. The number of hydrogen-bond donors (Lipinski definition) is 1. The van der Waals surface area contributed by atoms with Gasteiger partial charge in [-0.15, -0.1) is 0 Å². The van der Waals surface area contributed by atoms with Gasteiger partial charge in [-0.05, 0) is 19.8 Å². The molecule has 3 heteroatoms. The standard InChI is InChI=1S/C7H14N2O/c1-6(10)7-4-3-5-9(2)8-7/h7-8H,3-5H2,1-2H3/t7-/m0/s1. The summed E-state index contributed by atoms with van der Waals surface area (Å²) in [5, 5.41) is 1.98. The lowest BCUT2D eigenvalue weighted by atomic mass is 10.1. The molecule has 0 aromatic heterocycles. The molecule has 1 N–H and O–H groups in total. The molecule has 0 saturated carbocycles. The van der Waals surface area contributed by atoms with Gasteiger partial charge in [0.25, 0.3) is 0 Å². The predicted octanol–water partition coefficient (Wildman–Crippen LogP) is 0.174. The van der Waals surface area contributed by atoms with Crippen LogP contribution in [0.2, 0.25) is 0 Å². The van der Waals surface area contributed by atoms with Crippen molar-refractivity contribution in [3.63, 3.8) is 0 Å². The van der Waals surface area contributed by atoms with Crippen LogP contribution in [-0.2, 0) is 4.79 Å². The highest BCUT2D eigenvalue weighted by Crippen LogP contribution is 2.05. The van der Waals surface area contributed by atoms with E-state index in [2.05, 4.69) is 5.43 Å². The number of hydrogen-bond acceptors (Lipinski definition) is 3. The Hall–Kier alpha value is -0.410. The Labute approximate surface area is 61.4 Å². The van der Waals surface area contributed by atoms with Crippen molar-refractivity contribution < 1.29 is 4.79 Å². The Balaban J connectivity index is 2.39. The molecular weight excluding hydrogens is 128 g/mol. The molecule has 0 aromatic carbocycles. The number of hydrazine groups is 1. The van der Waals surface area contributed by atoms with Crippen LogP contribution in [-0.4, -0.2) is 30.4 Å². The molecule has 3 nitrogen and oxygen atoms in total. The smallest absolute Gasteiger partial charge is 0.148 e. The maximum absolute atomic E-state index is 10.9. The molecule has 1 fully saturated rings. The fourth-order valence-corrected chi connectivity index (χ4v) is 1.22. The molecule has 1 saturated heterocycles. The number of carbonyl (C=O) groups is 1. The topological polar surface area (TPSA) is 32.3 Å². The summed E-state index contributed by atoms with van der Waals surface area (Å²) in [5.41, 5.74) is 3.10. The Morgan fingerprint density at radius 3 is 2.80 bits per heavy atom. The summed E-state index contributed by atoms with van der Waals surface area (Å²) in [7, 11) is 1.97. The van der Waals surface area contributed by atoms with Crippen molar-refractivity contribution in [2.24, 2.45) is 0 Å². The van der Waals surface area contributed by atoms with Crippen LogP contribution in [0.15, 0.2) is 0 Å². The lowest BCUT2D eigenvalue weighted by molar-refractivity contribution is -0.121. The molecule has 1 heterocycles. The maximum Gasteiger partial charge on any atom is 0.148 e. The fraction of sp³-hybridized carbons (Fsp3) is 0.857. The third kappa shape index (κ3) is 1.78. The third-order valence-corrected chi connectivity index (χ3v) is 1.85. The van der Waals surface area contributed by atoms with Crippen molar-refractivity contribution in [3.8, 4) is 0 Å². The summed E-state index contributed by atoms with van der Waals surface area (Å²) >= 11 is 0. The van der Waals surface area contributed by atoms with Gasteiger partial charge < -0.3 is 0 Å². The zero-order chi connectivity index (χ0) is 7.56. The summed E-state index contributed by atoms with van der Waals surface area (Å²) in [4.78, 5) is 10.9. The second-order valence-corrected chi connectivity index (χ2v) is 2.86. The minimum Gasteiger partial charge on any atom is -0.298 e. The van der Waals surface area contributed by atoms with Crippen molar-refractivity contribution in [1.29, 1.82) is 0 Å². The second kappa shape index (κ2) is 3.12. The molecule has 0 radical (unpaired) electrons. The molecule has 0 aliphatic carbocycles. The number of nitrogens with one attached hydrogen (secondary N) is 1. The monoisotopic (exact) mass is 142 g/mol. The molecule has 0 unspecified atom stereocenters. The van der Waals surface area contributed by atoms with E-state index in [9.17, 15) is 4.79 Å². The van der Waals surface area contributed by atoms with E-state index in [1.807, 2.05) is 12.1 Å². The largest absolute Gasteiger partial charge is 0.298 e. The zero-order valence-electron chi connectivity index (χ0n) is 6.55. The zero-order valence-corrected chi connectivity index (χ0v) is 6.55. The maximum atomic E-state index is 10.9. The summed E-state index contributed by atoms with van der Waals surface area (Å²) < 4.78 is 0. The van der Waals surface area contributed by atoms with Crippen LogP contribution in [0.5, 0.6) is 0 Å². The summed E-state index contributed by atoms with van der Waals surface area (Å²) in [6, 6.07) is 0.0683. The van der Waals surface area contributed by atoms with E-state index in [4.69, 9.17) is 0 Å². The number of rotatable bonds is 1. The van der Waals surface area contributed by atoms with Gasteiger partial charge in [0.15, 0.2) is 0 Å². The minimum atomic E-state index is 0.0683. The van der Waals surface area contributed by atoms with Crippen molar-refractivity contribution >= 4 is 5.78 Å². The van der Waals surface area contributed by atoms with Crippen LogP contribution >= 0.6 is 0 Å². The van der Waals surface area contributed by atoms with E-state index >= 15 is 0 Å². The van der Waals surface area contributed by atoms with Crippen LogP contribution < -0.4 is 5.43 Å². The van der Waals surface area contributed by atoms with Crippen molar-refractivity contribution in [3.05, 3.63) is 0 Å². The minimum absolute atomic E-state index is 0.0683. The normalized spacial score (nSPS) is 28.4. The number of Topliss-reactive ketones (excluding diaryl/α,β-unsaturated/α-hetero) is 1. The van der Waals surface area contributed by atoms with Crippen molar-refractivity contribution in [2.75, 3.05) is 13.6 Å². The van der Waals surface area contributed by atoms with Crippen molar-refractivity contribution in [2.45, 2.75) is 25.8 Å². The summed E-state index contributed by atoms with van der Waals surface area (Å²) in [6.45, 7) is 2.68. The van der Waals surface area contributed by atoms with E-state index in [1.54, 1.807) is 6.92 Å². The molecule has 0 spiro atoms. The number of nitrogens with zero attached hydrogens (tertiary/aromatic N) is 1. The molecule has 0 bridgehead atoms. The first-order chi connectivity index (χ1) is 4.70. The van der Waals surface area contributed by atoms with Gasteiger partial charge in [-0.1, -0.05) is 0 Å². The van der Waals surface area contributed by atoms with E-state index in [0.29, 0.717) is 0 Å². The summed E-state index contributed by atoms with van der Waals surface area (Å²) in [5.74, 6) is 0.242. The summed E-state index contributed by atoms with van der Waals surface area (Å²) in [6.07, 6.45) is 2.10. The molecule has 0 amide bonds. The molecule has 1 aliphatic rings. The van der Waals surface area contributed by atoms with Crippen LogP contribution in [0.4, 0.5) is 0 Å². The quantitative estimate of drug-likeness (QED) is 0.566. The lowest BCUT2D eigenvalue weighted by Gasteiger charge is -2.29. The molecule has 0 aromatic rings. The average Bonchev–Trinajstić information content (AvgIpc) is 1.88. The molecule has 1 atom stereocenters. The van der Waals surface area contributed by atoms with E-state index in [-0.39, 0.29) is 11.8 Å². The van der Waals surface area contributed by atoms with Crippen molar-refractivity contribution in [1.82, 2.24) is 10.4 Å². The van der Waals surface area contributed by atoms with E-state index < -0.39 is 0 Å². The molecule has 1 rings (SSSR count). The fourth-order valence-electron chi connectivity index (χ4n) is 1.22. The Kier molecular flexibility index (Phi) is 2.40. The molecule has 1 aliphatic heterocycles. The highest BCUT2D eigenvalue weighted by Gasteiger charge is 2.19. The average molecular weight is 142 g/mol. The van der Waals surface area contributed by atoms with Gasteiger partial charge in [-0.3, -0.25) is 4.79 Å². The SMILES string of the molecule is CC(=O)[C@@H]1CCCN(C)N1. The van der Waals surface area contributed by atoms with Crippen LogP contribution in [0.3, 0.4) is 0 Å². The van der Waals surface area contributed by atoms with Crippen LogP contribution in [0.1, 0.15) is 19.8 Å². The highest BCUT2D eigenvalue weighted by atomic mass is 16.1. The van der Waals surface area contributed by atoms with Gasteiger partial charge in [0.2, 0.25) is 0 Å². The molecule has 10 heavy (non-hydrogen) atoms. The van der Waals surface area contributed by atoms with E-state index in [1.165, 1.54) is 0 Å². The van der Waals surface area contributed by atoms with Gasteiger partial charge in [0.05, 0.1) is 6.04 Å².